The summed E-state index contributed by atoms with van der Waals surface area (Å²) >= 11 is 0. The summed E-state index contributed by atoms with van der Waals surface area (Å²) in [7, 11) is 1.89. The van der Waals surface area contributed by atoms with Gasteiger partial charge < -0.3 is 5.32 Å². The lowest BCUT2D eigenvalue weighted by Crippen LogP contribution is -2.23. The van der Waals surface area contributed by atoms with Gasteiger partial charge in [0.15, 0.2) is 5.78 Å². The average Bonchev–Trinajstić information content (AvgIpc) is 2.90. The second-order valence-corrected chi connectivity index (χ2v) is 5.36. The van der Waals surface area contributed by atoms with Crippen molar-refractivity contribution in [3.8, 4) is 0 Å². The van der Waals surface area contributed by atoms with Gasteiger partial charge in [0.2, 0.25) is 0 Å². The molecule has 1 aromatic heterocycles. The summed E-state index contributed by atoms with van der Waals surface area (Å²) in [5, 5.41) is 7.47. The highest BCUT2D eigenvalue weighted by atomic mass is 16.1. The van der Waals surface area contributed by atoms with Crippen LogP contribution in [0, 0.1) is 0 Å². The maximum Gasteiger partial charge on any atom is 0.163 e. The number of hydrogen-bond donors (Lipinski definition) is 1. The van der Waals surface area contributed by atoms with Gasteiger partial charge in [-0.25, -0.2) is 0 Å². The van der Waals surface area contributed by atoms with Gasteiger partial charge in [-0.2, -0.15) is 5.10 Å². The van der Waals surface area contributed by atoms with Crippen LogP contribution in [0.2, 0.25) is 0 Å². The topological polar surface area (TPSA) is 46.9 Å². The highest BCUT2D eigenvalue weighted by Crippen LogP contribution is 2.17. The van der Waals surface area contributed by atoms with E-state index in [4.69, 9.17) is 0 Å². The van der Waals surface area contributed by atoms with Gasteiger partial charge in [0.05, 0.1) is 6.20 Å². The van der Waals surface area contributed by atoms with E-state index in [-0.39, 0.29) is 5.78 Å². The SMILES string of the molecule is Cn1cc(CCC(=O)c2ccc3c(c2)CNCC3)cn1. The Morgan fingerprint density at radius 2 is 2.30 bits per heavy atom. The monoisotopic (exact) mass is 269 g/mol. The molecule has 4 nitrogen and oxygen atoms in total. The second-order valence-electron chi connectivity index (χ2n) is 5.36. The van der Waals surface area contributed by atoms with E-state index in [9.17, 15) is 4.79 Å². The van der Waals surface area contributed by atoms with Gasteiger partial charge in [-0.05, 0) is 42.1 Å². The van der Waals surface area contributed by atoms with Gasteiger partial charge in [0, 0.05) is 31.8 Å². The van der Waals surface area contributed by atoms with Gasteiger partial charge in [0.1, 0.15) is 0 Å². The van der Waals surface area contributed by atoms with Crippen molar-refractivity contribution in [2.75, 3.05) is 6.54 Å². The summed E-state index contributed by atoms with van der Waals surface area (Å²) in [5.74, 6) is 0.210. The molecule has 1 N–H and O–H groups in total. The molecule has 1 aromatic carbocycles. The zero-order valence-corrected chi connectivity index (χ0v) is 11.7. The van der Waals surface area contributed by atoms with Gasteiger partial charge in [-0.1, -0.05) is 12.1 Å². The molecule has 0 aliphatic carbocycles. The number of carbonyl (C=O) groups is 1. The summed E-state index contributed by atoms with van der Waals surface area (Å²) in [6.45, 7) is 1.90. The first kappa shape index (κ1) is 13.1. The fourth-order valence-electron chi connectivity index (χ4n) is 2.66. The highest BCUT2D eigenvalue weighted by molar-refractivity contribution is 5.96. The minimum Gasteiger partial charge on any atom is -0.312 e. The number of aromatic nitrogens is 2. The van der Waals surface area contributed by atoms with Crippen LogP contribution in [-0.4, -0.2) is 22.1 Å². The van der Waals surface area contributed by atoms with E-state index >= 15 is 0 Å². The average molecular weight is 269 g/mol. The van der Waals surface area contributed by atoms with E-state index in [1.165, 1.54) is 11.1 Å². The van der Waals surface area contributed by atoms with Crippen molar-refractivity contribution in [1.29, 1.82) is 0 Å². The summed E-state index contributed by atoms with van der Waals surface area (Å²) in [6.07, 6.45) is 6.13. The molecule has 2 aromatic rings. The van der Waals surface area contributed by atoms with Crippen LogP contribution in [0.25, 0.3) is 0 Å². The molecular formula is C16H19N3O. The number of benzene rings is 1. The van der Waals surface area contributed by atoms with Crippen molar-refractivity contribution < 1.29 is 4.79 Å². The van der Waals surface area contributed by atoms with E-state index in [2.05, 4.69) is 16.5 Å². The lowest BCUT2D eigenvalue weighted by atomic mass is 9.95. The number of fused-ring (bicyclic) bond motifs is 1. The van der Waals surface area contributed by atoms with Crippen LogP contribution >= 0.6 is 0 Å². The Bertz CT molecular complexity index is 630. The molecule has 0 saturated heterocycles. The molecule has 20 heavy (non-hydrogen) atoms. The molecule has 0 spiro atoms. The van der Waals surface area contributed by atoms with Crippen molar-refractivity contribution in [2.24, 2.45) is 7.05 Å². The molecule has 2 heterocycles. The van der Waals surface area contributed by atoms with Crippen LogP contribution in [0.3, 0.4) is 0 Å². The van der Waals surface area contributed by atoms with E-state index in [0.717, 1.165) is 37.1 Å². The number of Topliss-reactive ketones (excluding diaryl/α,β-unsaturated/α-hetero) is 1. The van der Waals surface area contributed by atoms with Crippen molar-refractivity contribution >= 4 is 5.78 Å². The fraction of sp³-hybridized carbons (Fsp3) is 0.375. The van der Waals surface area contributed by atoms with E-state index in [0.29, 0.717) is 6.42 Å². The Labute approximate surface area is 118 Å². The molecule has 0 unspecified atom stereocenters. The number of aryl methyl sites for hydroxylation is 2. The number of nitrogens with zero attached hydrogens (tertiary/aromatic N) is 2. The molecule has 0 fully saturated rings. The van der Waals surface area contributed by atoms with E-state index < -0.39 is 0 Å². The first-order chi connectivity index (χ1) is 9.72. The van der Waals surface area contributed by atoms with Crippen LogP contribution < -0.4 is 5.32 Å². The predicted octanol–water partition coefficient (Wildman–Crippen LogP) is 1.88. The Kier molecular flexibility index (Phi) is 3.65. The summed E-state index contributed by atoms with van der Waals surface area (Å²) in [4.78, 5) is 12.3. The van der Waals surface area contributed by atoms with Crippen LogP contribution in [0.5, 0.6) is 0 Å². The highest BCUT2D eigenvalue weighted by Gasteiger charge is 2.12. The van der Waals surface area contributed by atoms with Crippen LogP contribution in [-0.2, 0) is 26.4 Å². The maximum absolute atomic E-state index is 12.3. The Morgan fingerprint density at radius 3 is 3.10 bits per heavy atom. The smallest absolute Gasteiger partial charge is 0.163 e. The number of ketones is 1. The number of carbonyl (C=O) groups excluding carboxylic acids is 1. The number of rotatable bonds is 4. The minimum atomic E-state index is 0.210. The molecule has 104 valence electrons. The molecule has 3 rings (SSSR count). The molecule has 0 amide bonds. The Balaban J connectivity index is 1.67. The molecule has 4 heteroatoms. The summed E-state index contributed by atoms with van der Waals surface area (Å²) in [5.41, 5.74) is 4.58. The fourth-order valence-corrected chi connectivity index (χ4v) is 2.66. The molecule has 1 aliphatic heterocycles. The minimum absolute atomic E-state index is 0.210. The van der Waals surface area contributed by atoms with E-state index in [1.807, 2.05) is 31.6 Å². The zero-order chi connectivity index (χ0) is 13.9. The Hall–Kier alpha value is -1.94. The molecule has 0 saturated carbocycles. The number of nitrogens with one attached hydrogen (secondary N) is 1. The third-order valence-electron chi connectivity index (χ3n) is 3.81. The first-order valence-electron chi connectivity index (χ1n) is 7.05. The van der Waals surface area contributed by atoms with Crippen molar-refractivity contribution in [3.05, 3.63) is 52.8 Å². The quantitative estimate of drug-likeness (QED) is 0.862. The zero-order valence-electron chi connectivity index (χ0n) is 11.7. The third-order valence-corrected chi connectivity index (χ3v) is 3.81. The van der Waals surface area contributed by atoms with Crippen molar-refractivity contribution in [1.82, 2.24) is 15.1 Å². The van der Waals surface area contributed by atoms with Gasteiger partial charge in [-0.3, -0.25) is 9.48 Å². The molecule has 1 aliphatic rings. The number of hydrogen-bond acceptors (Lipinski definition) is 3. The van der Waals surface area contributed by atoms with Crippen LogP contribution in [0.15, 0.2) is 30.6 Å². The second kappa shape index (κ2) is 5.59. The predicted molar refractivity (Wildman–Crippen MR) is 77.7 cm³/mol. The maximum atomic E-state index is 12.3. The lowest BCUT2D eigenvalue weighted by molar-refractivity contribution is 0.0982. The lowest BCUT2D eigenvalue weighted by Gasteiger charge is -2.17. The largest absolute Gasteiger partial charge is 0.312 e. The van der Waals surface area contributed by atoms with Crippen molar-refractivity contribution in [3.63, 3.8) is 0 Å². The van der Waals surface area contributed by atoms with Gasteiger partial charge in [0.25, 0.3) is 0 Å². The van der Waals surface area contributed by atoms with E-state index in [1.54, 1.807) is 4.68 Å². The van der Waals surface area contributed by atoms with Crippen LogP contribution in [0.1, 0.15) is 33.5 Å². The molecule has 0 atom stereocenters. The van der Waals surface area contributed by atoms with Gasteiger partial charge >= 0.3 is 0 Å². The van der Waals surface area contributed by atoms with Crippen LogP contribution in [0.4, 0.5) is 0 Å². The summed E-state index contributed by atoms with van der Waals surface area (Å²) < 4.78 is 1.77. The normalized spacial score (nSPS) is 14.1. The van der Waals surface area contributed by atoms with Crippen molar-refractivity contribution in [2.45, 2.75) is 25.8 Å². The molecule has 0 bridgehead atoms. The molecular weight excluding hydrogens is 250 g/mol. The van der Waals surface area contributed by atoms with Gasteiger partial charge in [-0.15, -0.1) is 0 Å². The Morgan fingerprint density at radius 1 is 1.40 bits per heavy atom. The summed E-state index contributed by atoms with van der Waals surface area (Å²) in [6, 6.07) is 6.12. The first-order valence-corrected chi connectivity index (χ1v) is 7.05. The molecule has 0 radical (unpaired) electrons. The third kappa shape index (κ3) is 2.80. The standard InChI is InChI=1S/C16H19N3O/c1-19-11-12(9-18-19)2-5-16(20)14-4-3-13-6-7-17-10-15(13)8-14/h3-4,8-9,11,17H,2,5-7,10H2,1H3.